The van der Waals surface area contributed by atoms with Crippen molar-refractivity contribution >= 4 is 0 Å². The number of ether oxygens (including phenoxy) is 1. The van der Waals surface area contributed by atoms with Crippen LogP contribution in [0.2, 0.25) is 0 Å². The standard InChI is InChI=1S/C15H20O2/c1-12(16)13-7-5-8-14(11-13)17-10-6-9-15(2,3)4/h5,7-8,11-12,16H,10H2,1-4H3. The van der Waals surface area contributed by atoms with Crippen molar-refractivity contribution in [2.45, 2.75) is 33.8 Å². The van der Waals surface area contributed by atoms with E-state index in [-0.39, 0.29) is 5.41 Å². The van der Waals surface area contributed by atoms with E-state index in [0.29, 0.717) is 6.61 Å². The maximum absolute atomic E-state index is 9.44. The number of benzene rings is 1. The number of aliphatic hydroxyl groups is 1. The van der Waals surface area contributed by atoms with Crippen molar-refractivity contribution in [3.05, 3.63) is 29.8 Å². The van der Waals surface area contributed by atoms with Crippen LogP contribution in [-0.4, -0.2) is 11.7 Å². The first-order chi connectivity index (χ1) is 7.88. The minimum atomic E-state index is -0.473. The maximum Gasteiger partial charge on any atom is 0.149 e. The van der Waals surface area contributed by atoms with Crippen LogP contribution in [0.4, 0.5) is 0 Å². The summed E-state index contributed by atoms with van der Waals surface area (Å²) in [6.07, 6.45) is -0.473. The molecule has 92 valence electrons. The van der Waals surface area contributed by atoms with Gasteiger partial charge in [0, 0.05) is 5.41 Å². The molecule has 1 aromatic rings. The van der Waals surface area contributed by atoms with Crippen molar-refractivity contribution in [2.24, 2.45) is 5.41 Å². The van der Waals surface area contributed by atoms with E-state index in [9.17, 15) is 5.11 Å². The molecule has 0 saturated carbocycles. The summed E-state index contributed by atoms with van der Waals surface area (Å²) in [5.41, 5.74) is 0.858. The Morgan fingerprint density at radius 2 is 2.06 bits per heavy atom. The third-order valence-electron chi connectivity index (χ3n) is 2.11. The van der Waals surface area contributed by atoms with Gasteiger partial charge in [0.1, 0.15) is 12.4 Å². The molecular weight excluding hydrogens is 212 g/mol. The molecule has 0 heterocycles. The summed E-state index contributed by atoms with van der Waals surface area (Å²) in [6.45, 7) is 8.30. The van der Waals surface area contributed by atoms with Gasteiger partial charge in [-0.25, -0.2) is 0 Å². The minimum absolute atomic E-state index is 0.00478. The van der Waals surface area contributed by atoms with Gasteiger partial charge < -0.3 is 9.84 Å². The quantitative estimate of drug-likeness (QED) is 0.811. The second-order valence-corrected chi connectivity index (χ2v) is 5.09. The first kappa shape index (κ1) is 13.6. The fourth-order valence-corrected chi connectivity index (χ4v) is 1.28. The van der Waals surface area contributed by atoms with Crippen LogP contribution in [0.3, 0.4) is 0 Å². The largest absolute Gasteiger partial charge is 0.481 e. The maximum atomic E-state index is 9.44. The lowest BCUT2D eigenvalue weighted by Gasteiger charge is -2.08. The first-order valence-corrected chi connectivity index (χ1v) is 5.79. The van der Waals surface area contributed by atoms with E-state index < -0.39 is 6.10 Å². The molecule has 0 fully saturated rings. The summed E-state index contributed by atoms with van der Waals surface area (Å²) in [7, 11) is 0. The van der Waals surface area contributed by atoms with Crippen molar-refractivity contribution in [1.82, 2.24) is 0 Å². The van der Waals surface area contributed by atoms with Crippen LogP contribution in [0, 0.1) is 17.3 Å². The Bertz CT molecular complexity index is 417. The van der Waals surface area contributed by atoms with E-state index in [2.05, 4.69) is 32.6 Å². The molecule has 1 atom stereocenters. The highest BCUT2D eigenvalue weighted by atomic mass is 16.5. The lowest BCUT2D eigenvalue weighted by Crippen LogP contribution is -2.02. The molecule has 0 spiro atoms. The Labute approximate surface area is 104 Å². The fraction of sp³-hybridized carbons (Fsp3) is 0.467. The van der Waals surface area contributed by atoms with Gasteiger partial charge in [0.2, 0.25) is 0 Å². The Morgan fingerprint density at radius 3 is 2.65 bits per heavy atom. The zero-order chi connectivity index (χ0) is 12.9. The smallest absolute Gasteiger partial charge is 0.149 e. The van der Waals surface area contributed by atoms with E-state index in [1.54, 1.807) is 6.92 Å². The molecule has 0 saturated heterocycles. The highest BCUT2D eigenvalue weighted by Crippen LogP contribution is 2.18. The van der Waals surface area contributed by atoms with Gasteiger partial charge in [0.05, 0.1) is 6.10 Å². The summed E-state index contributed by atoms with van der Waals surface area (Å²) in [4.78, 5) is 0. The van der Waals surface area contributed by atoms with Gasteiger partial charge in [-0.3, -0.25) is 0 Å². The fourth-order valence-electron chi connectivity index (χ4n) is 1.28. The summed E-state index contributed by atoms with van der Waals surface area (Å²) < 4.78 is 5.51. The van der Waals surface area contributed by atoms with Crippen LogP contribution in [-0.2, 0) is 0 Å². The number of rotatable bonds is 3. The van der Waals surface area contributed by atoms with Gasteiger partial charge in [-0.15, -0.1) is 0 Å². The highest BCUT2D eigenvalue weighted by Gasteiger charge is 2.03. The van der Waals surface area contributed by atoms with E-state index in [0.717, 1.165) is 11.3 Å². The van der Waals surface area contributed by atoms with Gasteiger partial charge in [-0.1, -0.05) is 24.0 Å². The van der Waals surface area contributed by atoms with E-state index in [4.69, 9.17) is 4.74 Å². The molecule has 0 aromatic heterocycles. The van der Waals surface area contributed by atoms with Crippen LogP contribution in [0.1, 0.15) is 39.4 Å². The van der Waals surface area contributed by atoms with E-state index >= 15 is 0 Å². The normalized spacial score (nSPS) is 12.5. The second kappa shape index (κ2) is 5.75. The Kier molecular flexibility index (Phi) is 4.60. The molecule has 0 aliphatic rings. The average molecular weight is 232 g/mol. The first-order valence-electron chi connectivity index (χ1n) is 5.79. The summed E-state index contributed by atoms with van der Waals surface area (Å²) >= 11 is 0. The molecule has 1 N–H and O–H groups in total. The van der Waals surface area contributed by atoms with E-state index in [1.165, 1.54) is 0 Å². The highest BCUT2D eigenvalue weighted by molar-refractivity contribution is 5.30. The lowest BCUT2D eigenvalue weighted by atomic mass is 9.98. The van der Waals surface area contributed by atoms with Crippen LogP contribution in [0.5, 0.6) is 5.75 Å². The van der Waals surface area contributed by atoms with Crippen molar-refractivity contribution in [3.8, 4) is 17.6 Å². The van der Waals surface area contributed by atoms with Crippen molar-refractivity contribution < 1.29 is 9.84 Å². The van der Waals surface area contributed by atoms with Crippen LogP contribution >= 0.6 is 0 Å². The molecule has 0 radical (unpaired) electrons. The molecule has 1 aromatic carbocycles. The van der Waals surface area contributed by atoms with Gasteiger partial charge >= 0.3 is 0 Å². The zero-order valence-corrected chi connectivity index (χ0v) is 10.9. The number of hydrogen-bond donors (Lipinski definition) is 1. The van der Waals surface area contributed by atoms with Crippen LogP contribution in [0.25, 0.3) is 0 Å². The van der Waals surface area contributed by atoms with Gasteiger partial charge in [-0.05, 0) is 45.4 Å². The zero-order valence-electron chi connectivity index (χ0n) is 10.9. The molecular formula is C15H20O2. The molecule has 1 unspecified atom stereocenters. The summed E-state index contributed by atoms with van der Waals surface area (Å²) in [5.74, 6) is 6.84. The molecule has 2 heteroatoms. The molecule has 0 amide bonds. The predicted molar refractivity (Wildman–Crippen MR) is 69.8 cm³/mol. The number of hydrogen-bond acceptors (Lipinski definition) is 2. The monoisotopic (exact) mass is 232 g/mol. The molecule has 0 aliphatic carbocycles. The predicted octanol–water partition coefficient (Wildman–Crippen LogP) is 3.17. The third-order valence-corrected chi connectivity index (χ3v) is 2.11. The average Bonchev–Trinajstić information content (AvgIpc) is 2.23. The second-order valence-electron chi connectivity index (χ2n) is 5.09. The van der Waals surface area contributed by atoms with Gasteiger partial charge in [0.15, 0.2) is 0 Å². The topological polar surface area (TPSA) is 29.5 Å². The van der Waals surface area contributed by atoms with Crippen LogP contribution < -0.4 is 4.74 Å². The Hall–Kier alpha value is -1.46. The minimum Gasteiger partial charge on any atom is -0.481 e. The summed E-state index contributed by atoms with van der Waals surface area (Å²) in [6, 6.07) is 7.45. The van der Waals surface area contributed by atoms with E-state index in [1.807, 2.05) is 24.3 Å². The molecule has 17 heavy (non-hydrogen) atoms. The van der Waals surface area contributed by atoms with Crippen molar-refractivity contribution in [1.29, 1.82) is 0 Å². The molecule has 0 bridgehead atoms. The Balaban J connectivity index is 2.57. The molecule has 1 rings (SSSR count). The van der Waals surface area contributed by atoms with Crippen molar-refractivity contribution in [2.75, 3.05) is 6.61 Å². The SMILES string of the molecule is CC(O)c1cccc(OCC#CC(C)(C)C)c1. The van der Waals surface area contributed by atoms with Crippen LogP contribution in [0.15, 0.2) is 24.3 Å². The number of aliphatic hydroxyl groups excluding tert-OH is 1. The lowest BCUT2D eigenvalue weighted by molar-refractivity contribution is 0.198. The van der Waals surface area contributed by atoms with Gasteiger partial charge in [0.25, 0.3) is 0 Å². The molecule has 0 aliphatic heterocycles. The summed E-state index contributed by atoms with van der Waals surface area (Å²) in [5, 5.41) is 9.44. The molecule has 2 nitrogen and oxygen atoms in total. The Morgan fingerprint density at radius 1 is 1.35 bits per heavy atom. The van der Waals surface area contributed by atoms with Gasteiger partial charge in [-0.2, -0.15) is 0 Å². The third kappa shape index (κ3) is 5.42. The van der Waals surface area contributed by atoms with Crippen molar-refractivity contribution in [3.63, 3.8) is 0 Å².